The monoisotopic (exact) mass is 233 g/mol. The number of amides is 2. The molecule has 17 heavy (non-hydrogen) atoms. The number of hydrogen-bond acceptors (Lipinski definition) is 3. The molecule has 1 aliphatic rings. The van der Waals surface area contributed by atoms with E-state index in [1.165, 1.54) is 0 Å². The normalized spacial score (nSPS) is 13.8. The van der Waals surface area contributed by atoms with Crippen LogP contribution in [0.2, 0.25) is 0 Å². The molecular weight excluding hydrogens is 218 g/mol. The van der Waals surface area contributed by atoms with Crippen molar-refractivity contribution in [3.8, 4) is 0 Å². The molecule has 2 rings (SSSR count). The molecule has 0 radical (unpaired) electrons. The van der Waals surface area contributed by atoms with Crippen molar-refractivity contribution >= 4 is 23.2 Å². The summed E-state index contributed by atoms with van der Waals surface area (Å²) in [5.41, 5.74) is 7.93. The third kappa shape index (κ3) is 2.82. The van der Waals surface area contributed by atoms with E-state index in [9.17, 15) is 9.59 Å². The molecule has 1 aromatic carbocycles. The summed E-state index contributed by atoms with van der Waals surface area (Å²) in [6, 6.07) is 5.48. The molecular formula is C12H15N3O2. The summed E-state index contributed by atoms with van der Waals surface area (Å²) in [5.74, 6) is -0.0512. The van der Waals surface area contributed by atoms with E-state index in [1.54, 1.807) is 6.07 Å². The Hall–Kier alpha value is -1.88. The van der Waals surface area contributed by atoms with E-state index < -0.39 is 0 Å². The second kappa shape index (κ2) is 4.97. The highest BCUT2D eigenvalue weighted by Crippen LogP contribution is 2.25. The van der Waals surface area contributed by atoms with Gasteiger partial charge in [0.05, 0.1) is 0 Å². The van der Waals surface area contributed by atoms with Crippen molar-refractivity contribution in [1.82, 2.24) is 0 Å². The number of hydrogen-bond donors (Lipinski definition) is 3. The molecule has 5 heteroatoms. The fraction of sp³-hybridized carbons (Fsp3) is 0.333. The van der Waals surface area contributed by atoms with Gasteiger partial charge in [-0.15, -0.1) is 0 Å². The number of nitrogens with one attached hydrogen (secondary N) is 2. The smallest absolute Gasteiger partial charge is 0.225 e. The number of anilines is 2. The highest BCUT2D eigenvalue weighted by atomic mass is 16.2. The summed E-state index contributed by atoms with van der Waals surface area (Å²) < 4.78 is 0. The number of carbonyl (C=O) groups is 2. The Morgan fingerprint density at radius 3 is 3.00 bits per heavy atom. The Labute approximate surface area is 99.4 Å². The highest BCUT2D eigenvalue weighted by molar-refractivity contribution is 5.95. The minimum Gasteiger partial charge on any atom is -0.330 e. The predicted octanol–water partition coefficient (Wildman–Crippen LogP) is 0.859. The lowest BCUT2D eigenvalue weighted by Crippen LogP contribution is -2.20. The van der Waals surface area contributed by atoms with Gasteiger partial charge in [0.2, 0.25) is 11.8 Å². The van der Waals surface area contributed by atoms with E-state index in [0.717, 1.165) is 16.9 Å². The molecule has 1 aliphatic heterocycles. The quantitative estimate of drug-likeness (QED) is 0.724. The van der Waals surface area contributed by atoms with Gasteiger partial charge in [0.15, 0.2) is 0 Å². The zero-order valence-electron chi connectivity index (χ0n) is 9.45. The van der Waals surface area contributed by atoms with Crippen LogP contribution in [-0.2, 0) is 16.0 Å². The fourth-order valence-corrected chi connectivity index (χ4v) is 1.82. The standard InChI is InChI=1S/C12H15N3O2/c13-6-5-12(17)14-9-2-3-10-8(7-9)1-4-11(16)15-10/h2-3,7H,1,4-6,13H2,(H,14,17)(H,15,16). The van der Waals surface area contributed by atoms with Crippen LogP contribution >= 0.6 is 0 Å². The Morgan fingerprint density at radius 2 is 2.24 bits per heavy atom. The van der Waals surface area contributed by atoms with Crippen LogP contribution in [0, 0.1) is 0 Å². The van der Waals surface area contributed by atoms with Gasteiger partial charge in [-0.1, -0.05) is 0 Å². The van der Waals surface area contributed by atoms with Gasteiger partial charge in [-0.3, -0.25) is 9.59 Å². The molecule has 0 saturated heterocycles. The Kier molecular flexibility index (Phi) is 3.39. The second-order valence-corrected chi connectivity index (χ2v) is 4.01. The van der Waals surface area contributed by atoms with Crippen molar-refractivity contribution in [2.75, 3.05) is 17.2 Å². The van der Waals surface area contributed by atoms with Crippen LogP contribution in [0.3, 0.4) is 0 Å². The molecule has 0 unspecified atom stereocenters. The average molecular weight is 233 g/mol. The lowest BCUT2D eigenvalue weighted by atomic mass is 10.0. The van der Waals surface area contributed by atoms with Crippen LogP contribution in [-0.4, -0.2) is 18.4 Å². The predicted molar refractivity (Wildman–Crippen MR) is 65.7 cm³/mol. The van der Waals surface area contributed by atoms with Gasteiger partial charge in [-0.25, -0.2) is 0 Å². The van der Waals surface area contributed by atoms with Crippen LogP contribution in [0.1, 0.15) is 18.4 Å². The first-order valence-electron chi connectivity index (χ1n) is 5.62. The molecule has 2 amide bonds. The van der Waals surface area contributed by atoms with Gasteiger partial charge in [-0.05, 0) is 30.2 Å². The first-order valence-corrected chi connectivity index (χ1v) is 5.62. The van der Waals surface area contributed by atoms with Gasteiger partial charge in [0, 0.05) is 30.8 Å². The lowest BCUT2D eigenvalue weighted by molar-refractivity contribution is -0.117. The van der Waals surface area contributed by atoms with Gasteiger partial charge >= 0.3 is 0 Å². The molecule has 0 fully saturated rings. The van der Waals surface area contributed by atoms with E-state index in [-0.39, 0.29) is 11.8 Å². The first-order chi connectivity index (χ1) is 8.19. The van der Waals surface area contributed by atoms with Gasteiger partial charge in [0.25, 0.3) is 0 Å². The number of fused-ring (bicyclic) bond motifs is 1. The van der Waals surface area contributed by atoms with Crippen LogP contribution in [0.4, 0.5) is 11.4 Å². The third-order valence-corrected chi connectivity index (χ3v) is 2.66. The number of nitrogens with two attached hydrogens (primary N) is 1. The van der Waals surface area contributed by atoms with Crippen molar-refractivity contribution < 1.29 is 9.59 Å². The van der Waals surface area contributed by atoms with Gasteiger partial charge in [0.1, 0.15) is 0 Å². The maximum absolute atomic E-state index is 11.4. The molecule has 5 nitrogen and oxygen atoms in total. The second-order valence-electron chi connectivity index (χ2n) is 4.01. The zero-order valence-corrected chi connectivity index (χ0v) is 9.45. The number of benzene rings is 1. The van der Waals surface area contributed by atoms with E-state index >= 15 is 0 Å². The summed E-state index contributed by atoms with van der Waals surface area (Å²) >= 11 is 0. The number of rotatable bonds is 3. The zero-order chi connectivity index (χ0) is 12.3. The summed E-state index contributed by atoms with van der Waals surface area (Å²) in [6.07, 6.45) is 1.52. The molecule has 90 valence electrons. The van der Waals surface area contributed by atoms with Gasteiger partial charge in [-0.2, -0.15) is 0 Å². The van der Waals surface area contributed by atoms with E-state index in [1.807, 2.05) is 12.1 Å². The Balaban J connectivity index is 2.11. The Bertz CT molecular complexity index is 457. The van der Waals surface area contributed by atoms with Crippen LogP contribution in [0.15, 0.2) is 18.2 Å². The Morgan fingerprint density at radius 1 is 1.41 bits per heavy atom. The molecule has 1 heterocycles. The molecule has 0 aliphatic carbocycles. The summed E-state index contributed by atoms with van der Waals surface area (Å²) in [5, 5.41) is 5.57. The van der Waals surface area contributed by atoms with E-state index in [2.05, 4.69) is 10.6 Å². The average Bonchev–Trinajstić information content (AvgIpc) is 2.29. The summed E-state index contributed by atoms with van der Waals surface area (Å²) in [6.45, 7) is 0.340. The van der Waals surface area contributed by atoms with Crippen LogP contribution < -0.4 is 16.4 Å². The van der Waals surface area contributed by atoms with Crippen molar-refractivity contribution in [2.45, 2.75) is 19.3 Å². The minimum atomic E-state index is -0.0905. The van der Waals surface area contributed by atoms with Crippen LogP contribution in [0.5, 0.6) is 0 Å². The number of aryl methyl sites for hydroxylation is 1. The van der Waals surface area contributed by atoms with Gasteiger partial charge < -0.3 is 16.4 Å². The lowest BCUT2D eigenvalue weighted by Gasteiger charge is -2.17. The molecule has 4 N–H and O–H groups in total. The molecule has 0 spiro atoms. The third-order valence-electron chi connectivity index (χ3n) is 2.66. The minimum absolute atomic E-state index is 0.0393. The van der Waals surface area contributed by atoms with E-state index in [0.29, 0.717) is 25.8 Å². The van der Waals surface area contributed by atoms with Crippen LogP contribution in [0.25, 0.3) is 0 Å². The first kappa shape index (κ1) is 11.6. The summed E-state index contributed by atoms with van der Waals surface area (Å²) in [4.78, 5) is 22.6. The molecule has 1 aromatic rings. The van der Waals surface area contributed by atoms with Crippen molar-refractivity contribution in [1.29, 1.82) is 0 Å². The highest BCUT2D eigenvalue weighted by Gasteiger charge is 2.14. The van der Waals surface area contributed by atoms with Crippen molar-refractivity contribution in [3.63, 3.8) is 0 Å². The van der Waals surface area contributed by atoms with E-state index in [4.69, 9.17) is 5.73 Å². The van der Waals surface area contributed by atoms with Crippen molar-refractivity contribution in [2.24, 2.45) is 5.73 Å². The maximum Gasteiger partial charge on any atom is 0.225 e. The maximum atomic E-state index is 11.4. The SMILES string of the molecule is NCCC(=O)Nc1ccc2c(c1)CCC(=O)N2. The van der Waals surface area contributed by atoms with Crippen molar-refractivity contribution in [3.05, 3.63) is 23.8 Å². The number of carbonyl (C=O) groups excluding carboxylic acids is 2. The molecule has 0 atom stereocenters. The molecule has 0 saturated carbocycles. The fourth-order valence-electron chi connectivity index (χ4n) is 1.82. The molecule has 0 aromatic heterocycles. The largest absolute Gasteiger partial charge is 0.330 e. The molecule has 0 bridgehead atoms. The topological polar surface area (TPSA) is 84.2 Å². The summed E-state index contributed by atoms with van der Waals surface area (Å²) in [7, 11) is 0.